The number of hydrogen-bond donors (Lipinski definition) is 0. The van der Waals surface area contributed by atoms with E-state index in [4.69, 9.17) is 0 Å². The van der Waals surface area contributed by atoms with E-state index in [1.807, 2.05) is 0 Å². The Bertz CT molecular complexity index is 200. The van der Waals surface area contributed by atoms with Crippen molar-refractivity contribution < 1.29 is 13.2 Å². The van der Waals surface area contributed by atoms with Crippen LogP contribution in [0.15, 0.2) is 24.3 Å². The number of hydrogen-bond acceptors (Lipinski definition) is 0. The molecule has 12 heavy (non-hydrogen) atoms. The van der Waals surface area contributed by atoms with Crippen LogP contribution in [0.3, 0.4) is 0 Å². The average molecular weight is 176 g/mol. The lowest BCUT2D eigenvalue weighted by Gasteiger charge is -2.22. The molecule has 0 aromatic carbocycles. The largest absolute Gasteiger partial charge is 0.412 e. The van der Waals surface area contributed by atoms with E-state index in [0.29, 0.717) is 12.8 Å². The normalized spacial score (nSPS) is 24.9. The first-order valence-electron chi connectivity index (χ1n) is 3.95. The zero-order valence-electron chi connectivity index (χ0n) is 6.69. The van der Waals surface area contributed by atoms with Gasteiger partial charge in [0, 0.05) is 11.5 Å². The summed E-state index contributed by atoms with van der Waals surface area (Å²) in [5, 5.41) is 0. The fourth-order valence-corrected chi connectivity index (χ4v) is 1.47. The van der Waals surface area contributed by atoms with Crippen molar-refractivity contribution in [1.82, 2.24) is 0 Å². The van der Waals surface area contributed by atoms with Gasteiger partial charge in [0.2, 0.25) is 0 Å². The molecule has 0 radical (unpaired) electrons. The summed E-state index contributed by atoms with van der Waals surface area (Å²) in [6.45, 7) is 3.41. The zero-order chi connectivity index (χ0) is 9.19. The molecule has 0 aromatic rings. The molecule has 0 spiro atoms. The molecular formula is C9H11F3. The first kappa shape index (κ1) is 9.36. The molecule has 3 heteroatoms. The maximum absolute atomic E-state index is 12.3. The molecule has 0 bridgehead atoms. The van der Waals surface area contributed by atoms with E-state index in [1.165, 1.54) is 12.2 Å². The molecule has 1 aliphatic rings. The van der Waals surface area contributed by atoms with Gasteiger partial charge in [0.05, 0.1) is 0 Å². The van der Waals surface area contributed by atoms with Gasteiger partial charge in [0.15, 0.2) is 0 Å². The highest BCUT2D eigenvalue weighted by Gasteiger charge is 2.37. The summed E-state index contributed by atoms with van der Waals surface area (Å²) >= 11 is 0. The van der Waals surface area contributed by atoms with Gasteiger partial charge < -0.3 is 0 Å². The summed E-state index contributed by atoms with van der Waals surface area (Å²) in [6.07, 6.45) is 0.456. The minimum absolute atomic E-state index is 0.413. The molecule has 0 saturated carbocycles. The van der Waals surface area contributed by atoms with Crippen LogP contribution in [0.2, 0.25) is 0 Å². The minimum Gasteiger partial charge on any atom is -0.166 e. The van der Waals surface area contributed by atoms with Gasteiger partial charge in [0.1, 0.15) is 0 Å². The van der Waals surface area contributed by atoms with E-state index in [9.17, 15) is 13.2 Å². The lowest BCUT2D eigenvalue weighted by molar-refractivity contribution is -0.0985. The molecule has 0 aliphatic heterocycles. The highest BCUT2D eigenvalue weighted by molar-refractivity contribution is 5.19. The van der Waals surface area contributed by atoms with Crippen molar-refractivity contribution in [2.45, 2.75) is 25.4 Å². The fraction of sp³-hybridized carbons (Fsp3) is 0.556. The van der Waals surface area contributed by atoms with Gasteiger partial charge in [-0.15, -0.1) is 6.58 Å². The molecule has 0 heterocycles. The molecular weight excluding hydrogens is 165 g/mol. The average Bonchev–Trinajstić information content (AvgIpc) is 2.03. The highest BCUT2D eigenvalue weighted by Crippen LogP contribution is 2.37. The summed E-state index contributed by atoms with van der Waals surface area (Å²) in [5.41, 5.74) is -0.413. The lowest BCUT2D eigenvalue weighted by Crippen LogP contribution is -2.21. The van der Waals surface area contributed by atoms with Crippen LogP contribution in [0.5, 0.6) is 0 Å². The molecule has 0 N–H and O–H groups in total. The van der Waals surface area contributed by atoms with Crippen molar-refractivity contribution in [1.29, 1.82) is 0 Å². The third kappa shape index (κ3) is 1.90. The quantitative estimate of drug-likeness (QED) is 0.537. The van der Waals surface area contributed by atoms with E-state index in [-0.39, 0.29) is 0 Å². The summed E-state index contributed by atoms with van der Waals surface area (Å²) in [6, 6.07) is 0. The van der Waals surface area contributed by atoms with Gasteiger partial charge in [-0.2, -0.15) is 13.2 Å². The Hall–Kier alpha value is -0.730. The number of allylic oxidation sites excluding steroid dienone is 3. The van der Waals surface area contributed by atoms with Crippen LogP contribution in [0, 0.1) is 5.92 Å². The Kier molecular flexibility index (Phi) is 2.60. The van der Waals surface area contributed by atoms with Gasteiger partial charge in [0.25, 0.3) is 0 Å². The number of rotatable bonds is 1. The van der Waals surface area contributed by atoms with Crippen molar-refractivity contribution in [3.63, 3.8) is 0 Å². The molecule has 0 aromatic heterocycles. The third-order valence-electron chi connectivity index (χ3n) is 2.09. The Morgan fingerprint density at radius 1 is 1.50 bits per heavy atom. The summed E-state index contributed by atoms with van der Waals surface area (Å²) in [4.78, 5) is 0. The van der Waals surface area contributed by atoms with Crippen LogP contribution >= 0.6 is 0 Å². The molecule has 1 aliphatic carbocycles. The lowest BCUT2D eigenvalue weighted by atomic mass is 9.87. The molecule has 1 atom stereocenters. The third-order valence-corrected chi connectivity index (χ3v) is 2.09. The molecule has 68 valence electrons. The zero-order valence-corrected chi connectivity index (χ0v) is 6.69. The van der Waals surface area contributed by atoms with Gasteiger partial charge in [-0.1, -0.05) is 12.2 Å². The minimum atomic E-state index is -4.17. The Balaban J connectivity index is 2.84. The Labute approximate surface area is 69.8 Å². The maximum atomic E-state index is 12.3. The molecule has 1 rings (SSSR count). The first-order chi connectivity index (χ1) is 5.55. The van der Waals surface area contributed by atoms with Crippen LogP contribution in [-0.4, -0.2) is 6.18 Å². The summed E-state index contributed by atoms with van der Waals surface area (Å²) < 4.78 is 36.8. The smallest absolute Gasteiger partial charge is 0.166 e. The highest BCUT2D eigenvalue weighted by atomic mass is 19.4. The molecule has 0 amide bonds. The topological polar surface area (TPSA) is 0 Å². The van der Waals surface area contributed by atoms with Crippen LogP contribution in [0.4, 0.5) is 13.2 Å². The monoisotopic (exact) mass is 176 g/mol. The number of halogens is 3. The van der Waals surface area contributed by atoms with Crippen molar-refractivity contribution in [2.24, 2.45) is 5.92 Å². The van der Waals surface area contributed by atoms with Crippen molar-refractivity contribution in [3.8, 4) is 0 Å². The van der Waals surface area contributed by atoms with Gasteiger partial charge in [-0.25, -0.2) is 0 Å². The van der Waals surface area contributed by atoms with Gasteiger partial charge >= 0.3 is 6.18 Å². The summed E-state index contributed by atoms with van der Waals surface area (Å²) in [5.74, 6) is -0.487. The second-order valence-corrected chi connectivity index (χ2v) is 2.93. The van der Waals surface area contributed by atoms with Crippen LogP contribution in [0.1, 0.15) is 19.3 Å². The van der Waals surface area contributed by atoms with Crippen LogP contribution in [-0.2, 0) is 0 Å². The second kappa shape index (κ2) is 3.33. The van der Waals surface area contributed by atoms with Crippen molar-refractivity contribution in [2.75, 3.05) is 0 Å². The van der Waals surface area contributed by atoms with E-state index in [2.05, 4.69) is 6.58 Å². The SMILES string of the molecule is C=CC1CCCC=C1C(F)(F)F. The van der Waals surface area contributed by atoms with Crippen molar-refractivity contribution >= 4 is 0 Å². The molecule has 0 fully saturated rings. The predicted octanol–water partition coefficient (Wildman–Crippen LogP) is 3.46. The second-order valence-electron chi connectivity index (χ2n) is 2.93. The van der Waals surface area contributed by atoms with E-state index < -0.39 is 17.7 Å². The van der Waals surface area contributed by atoms with Gasteiger partial charge in [-0.05, 0) is 19.3 Å². The Morgan fingerprint density at radius 3 is 2.58 bits per heavy atom. The van der Waals surface area contributed by atoms with Gasteiger partial charge in [-0.3, -0.25) is 0 Å². The van der Waals surface area contributed by atoms with Crippen LogP contribution in [0.25, 0.3) is 0 Å². The first-order valence-corrected chi connectivity index (χ1v) is 3.95. The summed E-state index contributed by atoms with van der Waals surface area (Å²) in [7, 11) is 0. The Morgan fingerprint density at radius 2 is 2.17 bits per heavy atom. The standard InChI is InChI=1S/C9H11F3/c1-2-7-5-3-4-6-8(7)9(10,11)12/h2,6-7H,1,3-5H2. The molecule has 1 unspecified atom stereocenters. The number of alkyl halides is 3. The molecule has 0 nitrogen and oxygen atoms in total. The van der Waals surface area contributed by atoms with E-state index >= 15 is 0 Å². The maximum Gasteiger partial charge on any atom is 0.412 e. The van der Waals surface area contributed by atoms with E-state index in [0.717, 1.165) is 6.42 Å². The van der Waals surface area contributed by atoms with E-state index in [1.54, 1.807) is 0 Å². The fourth-order valence-electron chi connectivity index (χ4n) is 1.47. The predicted molar refractivity (Wildman–Crippen MR) is 41.7 cm³/mol. The van der Waals surface area contributed by atoms with Crippen molar-refractivity contribution in [3.05, 3.63) is 24.3 Å². The van der Waals surface area contributed by atoms with Crippen LogP contribution < -0.4 is 0 Å². The molecule has 0 saturated heterocycles.